The number of carbonyl (C=O) groups is 2. The zero-order chi connectivity index (χ0) is 17.5. The van der Waals surface area contributed by atoms with E-state index in [0.717, 1.165) is 11.8 Å². The number of nitrogens with zero attached hydrogens (tertiary/aromatic N) is 4. The summed E-state index contributed by atoms with van der Waals surface area (Å²) in [6.07, 6.45) is -0.979. The van der Waals surface area contributed by atoms with Crippen molar-refractivity contribution in [3.8, 4) is 11.4 Å². The number of amides is 1. The maximum Gasteiger partial charge on any atom is 0.317 e. The third-order valence-corrected chi connectivity index (χ3v) is 3.76. The molecule has 0 spiro atoms. The third-order valence-electron chi connectivity index (χ3n) is 2.86. The van der Waals surface area contributed by atoms with Gasteiger partial charge in [0.2, 0.25) is 5.16 Å². The Morgan fingerprint density at radius 3 is 2.83 bits per heavy atom. The van der Waals surface area contributed by atoms with E-state index < -0.39 is 18.0 Å². The summed E-state index contributed by atoms with van der Waals surface area (Å²) in [6, 6.07) is 7.28. The summed E-state index contributed by atoms with van der Waals surface area (Å²) in [5.74, 6) is -0.726. The smallest absolute Gasteiger partial charge is 0.317 e. The molecular weight excluding hydrogens is 334 g/mol. The number of primary amides is 1. The van der Waals surface area contributed by atoms with Crippen LogP contribution in [0.1, 0.15) is 13.8 Å². The predicted molar refractivity (Wildman–Crippen MR) is 85.8 cm³/mol. The second-order valence-corrected chi connectivity index (χ2v) is 5.54. The van der Waals surface area contributed by atoms with Gasteiger partial charge in [-0.05, 0) is 36.4 Å². The Morgan fingerprint density at radius 2 is 2.12 bits per heavy atom. The number of tetrazole rings is 1. The molecule has 1 amide bonds. The van der Waals surface area contributed by atoms with E-state index in [-0.39, 0.29) is 5.75 Å². The molecule has 2 rings (SSSR count). The van der Waals surface area contributed by atoms with Crippen molar-refractivity contribution < 1.29 is 19.1 Å². The minimum absolute atomic E-state index is 0.0607. The van der Waals surface area contributed by atoms with Crippen LogP contribution in [0.15, 0.2) is 29.4 Å². The normalized spacial score (nSPS) is 11.8. The lowest BCUT2D eigenvalue weighted by molar-refractivity contribution is -0.151. The zero-order valence-electron chi connectivity index (χ0n) is 13.2. The molecule has 10 heteroatoms. The minimum Gasteiger partial charge on any atom is -0.492 e. The first kappa shape index (κ1) is 17.7. The van der Waals surface area contributed by atoms with Crippen LogP contribution in [0.25, 0.3) is 5.69 Å². The summed E-state index contributed by atoms with van der Waals surface area (Å²) >= 11 is 1.08. The van der Waals surface area contributed by atoms with Gasteiger partial charge in [-0.25, -0.2) is 0 Å². The van der Waals surface area contributed by atoms with Crippen molar-refractivity contribution in [2.75, 3.05) is 12.4 Å². The second-order valence-electron chi connectivity index (χ2n) is 4.60. The Hall–Kier alpha value is -2.62. The fourth-order valence-corrected chi connectivity index (χ4v) is 2.41. The van der Waals surface area contributed by atoms with Gasteiger partial charge in [0.05, 0.1) is 12.4 Å². The monoisotopic (exact) mass is 351 g/mol. The molecular formula is C14H17N5O4S. The van der Waals surface area contributed by atoms with Crippen molar-refractivity contribution in [1.29, 1.82) is 0 Å². The summed E-state index contributed by atoms with van der Waals surface area (Å²) in [4.78, 5) is 22.6. The van der Waals surface area contributed by atoms with E-state index in [0.29, 0.717) is 23.2 Å². The summed E-state index contributed by atoms with van der Waals surface area (Å²) in [6.45, 7) is 3.79. The lowest BCUT2D eigenvalue weighted by Crippen LogP contribution is -2.31. The lowest BCUT2D eigenvalue weighted by atomic mass is 10.3. The third kappa shape index (κ3) is 4.44. The maximum atomic E-state index is 11.7. The molecule has 0 saturated carbocycles. The molecule has 0 fully saturated rings. The Bertz CT molecular complexity index is 721. The molecule has 2 aromatic rings. The van der Waals surface area contributed by atoms with E-state index in [4.69, 9.17) is 15.2 Å². The molecule has 1 atom stereocenters. The van der Waals surface area contributed by atoms with Gasteiger partial charge in [-0.3, -0.25) is 9.59 Å². The average Bonchev–Trinajstić information content (AvgIpc) is 3.02. The number of esters is 1. The number of aromatic nitrogens is 4. The molecule has 1 aromatic carbocycles. The quantitative estimate of drug-likeness (QED) is 0.541. The highest BCUT2D eigenvalue weighted by molar-refractivity contribution is 7.99. The van der Waals surface area contributed by atoms with Gasteiger partial charge in [0.1, 0.15) is 11.4 Å². The van der Waals surface area contributed by atoms with E-state index in [1.807, 2.05) is 19.1 Å². The molecule has 0 saturated heterocycles. The fourth-order valence-electron chi connectivity index (χ4n) is 1.74. The number of nitrogens with two attached hydrogens (primary N) is 1. The van der Waals surface area contributed by atoms with E-state index >= 15 is 0 Å². The summed E-state index contributed by atoms with van der Waals surface area (Å²) in [7, 11) is 0. The molecule has 1 heterocycles. The number of rotatable bonds is 8. The van der Waals surface area contributed by atoms with Gasteiger partial charge in [0, 0.05) is 0 Å². The van der Waals surface area contributed by atoms with E-state index in [9.17, 15) is 9.59 Å². The lowest BCUT2D eigenvalue weighted by Gasteiger charge is -2.11. The Kier molecular flexibility index (Phi) is 6.13. The van der Waals surface area contributed by atoms with E-state index in [1.165, 1.54) is 11.6 Å². The van der Waals surface area contributed by atoms with Crippen LogP contribution in [0.3, 0.4) is 0 Å². The van der Waals surface area contributed by atoms with Gasteiger partial charge in [0.15, 0.2) is 6.10 Å². The summed E-state index contributed by atoms with van der Waals surface area (Å²) < 4.78 is 11.9. The van der Waals surface area contributed by atoms with Crippen LogP contribution >= 0.6 is 11.8 Å². The second kappa shape index (κ2) is 8.29. The standard InChI is InChI=1S/C14H17N5O4S/c1-3-22-11-7-5-4-6-10(11)19-14(16-17-18-19)24-8-12(20)23-9(2)13(15)21/h4-7,9H,3,8H2,1-2H3,(H2,15,21)/t9-/m1/s1. The van der Waals surface area contributed by atoms with Crippen molar-refractivity contribution >= 4 is 23.6 Å². The number of benzene rings is 1. The number of para-hydroxylation sites is 2. The Labute approximate surface area is 142 Å². The summed E-state index contributed by atoms with van der Waals surface area (Å²) in [5, 5.41) is 11.8. The van der Waals surface area contributed by atoms with Crippen molar-refractivity contribution in [3.05, 3.63) is 24.3 Å². The first-order valence-corrected chi connectivity index (χ1v) is 8.13. The van der Waals surface area contributed by atoms with Crippen LogP contribution in [-0.2, 0) is 14.3 Å². The molecule has 0 unspecified atom stereocenters. The van der Waals surface area contributed by atoms with Crippen LogP contribution in [0.4, 0.5) is 0 Å². The molecule has 0 aliphatic rings. The SMILES string of the molecule is CCOc1ccccc1-n1nnnc1SCC(=O)O[C@H](C)C(N)=O. The topological polar surface area (TPSA) is 122 Å². The number of thioether (sulfide) groups is 1. The molecule has 0 radical (unpaired) electrons. The highest BCUT2D eigenvalue weighted by Crippen LogP contribution is 2.25. The zero-order valence-corrected chi connectivity index (χ0v) is 14.0. The van der Waals surface area contributed by atoms with Gasteiger partial charge < -0.3 is 15.2 Å². The molecule has 0 aliphatic heterocycles. The first-order chi connectivity index (χ1) is 11.5. The highest BCUT2D eigenvalue weighted by atomic mass is 32.2. The Balaban J connectivity index is 2.09. The molecule has 2 N–H and O–H groups in total. The van der Waals surface area contributed by atoms with Gasteiger partial charge >= 0.3 is 5.97 Å². The molecule has 24 heavy (non-hydrogen) atoms. The number of carbonyl (C=O) groups excluding carboxylic acids is 2. The van der Waals surface area contributed by atoms with Crippen LogP contribution in [-0.4, -0.2) is 50.5 Å². The molecule has 1 aromatic heterocycles. The van der Waals surface area contributed by atoms with Crippen molar-refractivity contribution in [2.45, 2.75) is 25.1 Å². The van der Waals surface area contributed by atoms with Gasteiger partial charge in [-0.15, -0.1) is 5.10 Å². The van der Waals surface area contributed by atoms with E-state index in [1.54, 1.807) is 12.1 Å². The highest BCUT2D eigenvalue weighted by Gasteiger charge is 2.18. The van der Waals surface area contributed by atoms with Crippen molar-refractivity contribution in [3.63, 3.8) is 0 Å². The van der Waals surface area contributed by atoms with Gasteiger partial charge in [-0.1, -0.05) is 23.9 Å². The van der Waals surface area contributed by atoms with Crippen molar-refractivity contribution in [1.82, 2.24) is 20.2 Å². The molecule has 9 nitrogen and oxygen atoms in total. The number of ether oxygens (including phenoxy) is 2. The van der Waals surface area contributed by atoms with Crippen LogP contribution in [0, 0.1) is 0 Å². The molecule has 0 aliphatic carbocycles. The van der Waals surface area contributed by atoms with E-state index in [2.05, 4.69) is 15.5 Å². The predicted octanol–water partition coefficient (Wildman–Crippen LogP) is 0.570. The largest absolute Gasteiger partial charge is 0.492 e. The maximum absolute atomic E-state index is 11.7. The van der Waals surface area contributed by atoms with Crippen LogP contribution in [0.2, 0.25) is 0 Å². The van der Waals surface area contributed by atoms with Crippen LogP contribution < -0.4 is 10.5 Å². The molecule has 0 bridgehead atoms. The van der Waals surface area contributed by atoms with Crippen molar-refractivity contribution in [2.24, 2.45) is 5.73 Å². The van der Waals surface area contributed by atoms with Gasteiger partial charge in [-0.2, -0.15) is 4.68 Å². The fraction of sp³-hybridized carbons (Fsp3) is 0.357. The average molecular weight is 351 g/mol. The minimum atomic E-state index is -0.979. The molecule has 128 valence electrons. The Morgan fingerprint density at radius 1 is 1.38 bits per heavy atom. The number of hydrogen-bond donors (Lipinski definition) is 1. The van der Waals surface area contributed by atoms with Crippen LogP contribution in [0.5, 0.6) is 5.75 Å². The number of hydrogen-bond acceptors (Lipinski definition) is 8. The summed E-state index contributed by atoms with van der Waals surface area (Å²) in [5.41, 5.74) is 5.71. The van der Waals surface area contributed by atoms with Gasteiger partial charge in [0.25, 0.3) is 5.91 Å². The first-order valence-electron chi connectivity index (χ1n) is 7.15.